The Morgan fingerprint density at radius 3 is 2.04 bits per heavy atom. The van der Waals surface area contributed by atoms with E-state index in [1.807, 2.05) is 32.0 Å². The predicted molar refractivity (Wildman–Crippen MR) is 97.8 cm³/mol. The van der Waals surface area contributed by atoms with Gasteiger partial charge in [-0.05, 0) is 51.6 Å². The van der Waals surface area contributed by atoms with Crippen LogP contribution >= 0.6 is 0 Å². The van der Waals surface area contributed by atoms with Crippen molar-refractivity contribution in [2.24, 2.45) is 0 Å². The molecule has 0 aliphatic heterocycles. The third-order valence-corrected chi connectivity index (χ3v) is 4.41. The van der Waals surface area contributed by atoms with Gasteiger partial charge in [0.25, 0.3) is 0 Å². The molecule has 0 radical (unpaired) electrons. The van der Waals surface area contributed by atoms with Crippen LogP contribution in [0.4, 0.5) is 8.78 Å². The van der Waals surface area contributed by atoms with Gasteiger partial charge in [-0.25, -0.2) is 8.78 Å². The average molecular weight is 563 g/mol. The quantitative estimate of drug-likeness (QED) is 0.383. The number of rotatable bonds is 4. The van der Waals surface area contributed by atoms with Crippen molar-refractivity contribution < 1.29 is 35.0 Å². The van der Waals surface area contributed by atoms with E-state index in [4.69, 9.17) is 0 Å². The summed E-state index contributed by atoms with van der Waals surface area (Å²) in [7, 11) is 0. The van der Waals surface area contributed by atoms with Crippen molar-refractivity contribution in [3.8, 4) is 11.3 Å². The molecule has 0 atom stereocenters. The van der Waals surface area contributed by atoms with Crippen LogP contribution in [0.3, 0.4) is 0 Å². The maximum absolute atomic E-state index is 14.0. The van der Waals surface area contributed by atoms with Gasteiger partial charge in [0, 0.05) is 32.2 Å². The molecular formula is C21H20F2N3OPt-. The normalized spacial score (nSPS) is 11.8. The Kier molecular flexibility index (Phi) is 6.47. The van der Waals surface area contributed by atoms with E-state index in [-0.39, 0.29) is 26.6 Å². The molecule has 150 valence electrons. The average Bonchev–Trinajstić information content (AvgIpc) is 2.61. The van der Waals surface area contributed by atoms with Crippen LogP contribution in [0.2, 0.25) is 0 Å². The molecule has 0 aliphatic carbocycles. The van der Waals surface area contributed by atoms with Gasteiger partial charge in [0.1, 0.15) is 17.5 Å². The minimum atomic E-state index is -1.07. The first kappa shape index (κ1) is 22.2. The van der Waals surface area contributed by atoms with E-state index in [1.54, 1.807) is 32.0 Å². The second-order valence-electron chi connectivity index (χ2n) is 7.39. The molecular weight excluding hydrogens is 543 g/mol. The number of halogens is 2. The first-order chi connectivity index (χ1) is 12.6. The molecule has 0 saturated carbocycles. The minimum absolute atomic E-state index is 0. The van der Waals surface area contributed by atoms with Gasteiger partial charge in [-0.2, -0.15) is 0 Å². The van der Waals surface area contributed by atoms with E-state index in [9.17, 15) is 13.9 Å². The molecule has 3 heterocycles. The van der Waals surface area contributed by atoms with Crippen LogP contribution in [0.1, 0.15) is 44.8 Å². The van der Waals surface area contributed by atoms with Crippen LogP contribution in [-0.4, -0.2) is 20.1 Å². The molecule has 0 saturated heterocycles. The van der Waals surface area contributed by atoms with Crippen LogP contribution in [0.25, 0.3) is 11.3 Å². The molecule has 0 aromatic carbocycles. The molecule has 7 heteroatoms. The summed E-state index contributed by atoms with van der Waals surface area (Å²) in [5, 5.41) is 10.2. The fourth-order valence-electron chi connectivity index (χ4n) is 2.73. The van der Waals surface area contributed by atoms with Gasteiger partial charge in [0.15, 0.2) is 0 Å². The van der Waals surface area contributed by atoms with E-state index in [0.29, 0.717) is 22.8 Å². The van der Waals surface area contributed by atoms with Crippen LogP contribution in [-0.2, 0) is 32.1 Å². The molecule has 0 spiro atoms. The zero-order chi connectivity index (χ0) is 19.8. The largest absolute Gasteiger partial charge is 0.384 e. The van der Waals surface area contributed by atoms with Gasteiger partial charge < -0.3 is 10.1 Å². The van der Waals surface area contributed by atoms with E-state index in [1.165, 1.54) is 0 Å². The predicted octanol–water partition coefficient (Wildman–Crippen LogP) is 4.17. The Balaban J connectivity index is 0.00000280. The Morgan fingerprint density at radius 2 is 1.43 bits per heavy atom. The van der Waals surface area contributed by atoms with E-state index in [0.717, 1.165) is 6.07 Å². The summed E-state index contributed by atoms with van der Waals surface area (Å²) < 4.78 is 27.1. The molecule has 0 bridgehead atoms. The molecule has 3 aromatic heterocycles. The van der Waals surface area contributed by atoms with Gasteiger partial charge in [0.2, 0.25) is 0 Å². The molecule has 0 aliphatic rings. The summed E-state index contributed by atoms with van der Waals surface area (Å²) in [6, 6.07) is 14.2. The van der Waals surface area contributed by atoms with Crippen molar-refractivity contribution in [3.63, 3.8) is 0 Å². The van der Waals surface area contributed by atoms with Crippen LogP contribution in [0.15, 0.2) is 42.5 Å². The molecule has 0 amide bonds. The van der Waals surface area contributed by atoms with E-state index >= 15 is 0 Å². The summed E-state index contributed by atoms with van der Waals surface area (Å²) in [6.45, 7) is 7.23. The first-order valence-electron chi connectivity index (χ1n) is 8.51. The summed E-state index contributed by atoms with van der Waals surface area (Å²) >= 11 is 0. The third-order valence-electron chi connectivity index (χ3n) is 4.41. The maximum atomic E-state index is 14.0. The summed E-state index contributed by atoms with van der Waals surface area (Å²) in [4.78, 5) is 12.3. The number of aliphatic hydroxyl groups is 1. The van der Waals surface area contributed by atoms with Crippen LogP contribution in [0, 0.1) is 18.0 Å². The van der Waals surface area contributed by atoms with Crippen molar-refractivity contribution in [1.82, 2.24) is 15.0 Å². The molecule has 0 unspecified atom stereocenters. The van der Waals surface area contributed by atoms with Crippen molar-refractivity contribution in [2.75, 3.05) is 0 Å². The number of pyridine rings is 3. The monoisotopic (exact) mass is 563 g/mol. The smallest absolute Gasteiger partial charge is 0.128 e. The Morgan fingerprint density at radius 1 is 0.857 bits per heavy atom. The number of hydrogen-bond donors (Lipinski definition) is 1. The molecule has 3 aromatic rings. The molecule has 1 N–H and O–H groups in total. The Labute approximate surface area is 177 Å². The molecule has 4 nitrogen and oxygen atoms in total. The van der Waals surface area contributed by atoms with E-state index in [2.05, 4.69) is 21.0 Å². The Bertz CT molecular complexity index is 987. The topological polar surface area (TPSA) is 58.9 Å². The second kappa shape index (κ2) is 8.14. The second-order valence-corrected chi connectivity index (χ2v) is 7.39. The van der Waals surface area contributed by atoms with E-state index < -0.39 is 22.9 Å². The zero-order valence-electron chi connectivity index (χ0n) is 15.9. The number of nitrogens with zero attached hydrogens (tertiary/aromatic N) is 3. The van der Waals surface area contributed by atoms with Crippen LogP contribution < -0.4 is 0 Å². The van der Waals surface area contributed by atoms with Crippen LogP contribution in [0.5, 0.6) is 0 Å². The molecule has 28 heavy (non-hydrogen) atoms. The zero-order valence-corrected chi connectivity index (χ0v) is 18.2. The SMILES string of the molecule is CC(C)(O)c1cccc(C(C)(C)c2cccc(-c3[c-]cc(F)nc3F)n2)n1.[Pt]. The van der Waals surface area contributed by atoms with Gasteiger partial charge in [-0.3, -0.25) is 9.97 Å². The number of hydrogen-bond acceptors (Lipinski definition) is 4. The van der Waals surface area contributed by atoms with Gasteiger partial charge >= 0.3 is 0 Å². The Hall–Kier alpha value is -2.04. The van der Waals surface area contributed by atoms with Gasteiger partial charge in [-0.1, -0.05) is 29.8 Å². The van der Waals surface area contributed by atoms with Crippen molar-refractivity contribution >= 4 is 0 Å². The standard InChI is InChI=1S/C21H20F2N3O.Pt/c1-20(2,16-9-6-10-17(25-16)21(3,4)27)15-8-5-7-14(24-15)13-11-12-18(22)26-19(13)23;/h5-10,12,27H,1-4H3;/q-1;. The first-order valence-corrected chi connectivity index (χ1v) is 8.51. The summed E-state index contributed by atoms with van der Waals surface area (Å²) in [5.41, 5.74) is 0.550. The van der Waals surface area contributed by atoms with Gasteiger partial charge in [-0.15, -0.1) is 6.07 Å². The summed E-state index contributed by atoms with van der Waals surface area (Å²) in [5.74, 6) is -1.89. The van der Waals surface area contributed by atoms with Gasteiger partial charge in [0.05, 0.1) is 11.4 Å². The van der Waals surface area contributed by atoms with Crippen molar-refractivity contribution in [3.05, 3.63) is 77.5 Å². The fraction of sp³-hybridized carbons (Fsp3) is 0.286. The molecule has 3 rings (SSSR count). The van der Waals surface area contributed by atoms with Crippen molar-refractivity contribution in [1.29, 1.82) is 0 Å². The van der Waals surface area contributed by atoms with Crippen molar-refractivity contribution in [2.45, 2.75) is 38.7 Å². The molecule has 0 fully saturated rings. The fourth-order valence-corrected chi connectivity index (χ4v) is 2.73. The summed E-state index contributed by atoms with van der Waals surface area (Å²) in [6.07, 6.45) is 0. The number of aromatic nitrogens is 3. The minimum Gasteiger partial charge on any atom is -0.384 e. The third kappa shape index (κ3) is 4.50. The maximum Gasteiger partial charge on any atom is 0.128 e.